The Kier molecular flexibility index (Phi) is 3.10. The van der Waals surface area contributed by atoms with Crippen molar-refractivity contribution in [2.75, 3.05) is 7.11 Å². The normalized spacial score (nSPS) is 9.94. The number of rotatable bonds is 2. The van der Waals surface area contributed by atoms with E-state index in [2.05, 4.69) is 0 Å². The molecule has 3 heteroatoms. The van der Waals surface area contributed by atoms with Crippen molar-refractivity contribution in [3.05, 3.63) is 54.1 Å². The largest absolute Gasteiger partial charge is 0.507 e. The highest BCUT2D eigenvalue weighted by Gasteiger charge is 2.14. The van der Waals surface area contributed by atoms with Crippen LogP contribution in [0, 0.1) is 0 Å². The lowest BCUT2D eigenvalue weighted by Crippen LogP contribution is -2.03. The Morgan fingerprint density at radius 1 is 1.00 bits per heavy atom. The number of ether oxygens (including phenoxy) is 1. The number of carbonyl (C=O) groups excluding carboxylic acids is 1. The van der Waals surface area contributed by atoms with Crippen molar-refractivity contribution in [3.8, 4) is 16.9 Å². The molecule has 0 unspecified atom stereocenters. The minimum absolute atomic E-state index is 0.142. The zero-order valence-electron chi connectivity index (χ0n) is 9.38. The number of aromatic hydroxyl groups is 1. The van der Waals surface area contributed by atoms with Crippen LogP contribution in [0.2, 0.25) is 0 Å². The number of benzene rings is 2. The molecule has 1 N–H and O–H groups in total. The van der Waals surface area contributed by atoms with Crippen LogP contribution in [0.3, 0.4) is 0 Å². The summed E-state index contributed by atoms with van der Waals surface area (Å²) >= 11 is 0. The van der Waals surface area contributed by atoms with E-state index in [4.69, 9.17) is 4.74 Å². The average Bonchev–Trinajstić information content (AvgIpc) is 2.38. The number of hydrogen-bond donors (Lipinski definition) is 1. The summed E-state index contributed by atoms with van der Waals surface area (Å²) in [6, 6.07) is 13.9. The molecule has 86 valence electrons. The minimum atomic E-state index is -0.413. The fourth-order valence-corrected chi connectivity index (χ4v) is 1.71. The predicted molar refractivity (Wildman–Crippen MR) is 64.9 cm³/mol. The molecule has 0 saturated heterocycles. The van der Waals surface area contributed by atoms with Gasteiger partial charge in [-0.1, -0.05) is 36.4 Å². The quantitative estimate of drug-likeness (QED) is 0.804. The first-order valence-corrected chi connectivity index (χ1v) is 5.19. The molecule has 0 aromatic heterocycles. The summed E-state index contributed by atoms with van der Waals surface area (Å²) in [6.45, 7) is 0. The van der Waals surface area contributed by atoms with Gasteiger partial charge in [0.1, 0.15) is 5.75 Å². The summed E-state index contributed by atoms with van der Waals surface area (Å²) in [5.74, 6) is -0.271. The van der Waals surface area contributed by atoms with Gasteiger partial charge in [0, 0.05) is 5.56 Å². The van der Waals surface area contributed by atoms with Gasteiger partial charge in [-0.2, -0.15) is 0 Å². The maximum Gasteiger partial charge on any atom is 0.338 e. The molecule has 0 aliphatic heterocycles. The van der Waals surface area contributed by atoms with Crippen LogP contribution in [0.1, 0.15) is 10.4 Å². The summed E-state index contributed by atoms with van der Waals surface area (Å²) in [5, 5.41) is 9.79. The minimum Gasteiger partial charge on any atom is -0.507 e. The third kappa shape index (κ3) is 2.13. The number of esters is 1. The van der Waals surface area contributed by atoms with Crippen LogP contribution in [-0.2, 0) is 4.74 Å². The van der Waals surface area contributed by atoms with Gasteiger partial charge < -0.3 is 9.84 Å². The molecule has 3 nitrogen and oxygen atoms in total. The number of phenols is 1. The number of phenolic OH excluding ortho intramolecular Hbond substituents is 1. The molecule has 0 atom stereocenters. The highest BCUT2D eigenvalue weighted by atomic mass is 16.5. The lowest BCUT2D eigenvalue weighted by molar-refractivity contribution is 0.0601. The van der Waals surface area contributed by atoms with Gasteiger partial charge in [-0.25, -0.2) is 4.79 Å². The van der Waals surface area contributed by atoms with Gasteiger partial charge >= 0.3 is 5.97 Å². The Bertz CT molecular complexity index is 547. The van der Waals surface area contributed by atoms with E-state index in [-0.39, 0.29) is 5.75 Å². The predicted octanol–water partition coefficient (Wildman–Crippen LogP) is 2.85. The molecule has 0 aliphatic carbocycles. The first-order chi connectivity index (χ1) is 8.24. The van der Waals surface area contributed by atoms with Gasteiger partial charge in [0.2, 0.25) is 0 Å². The molecular formula is C14H12O3. The monoisotopic (exact) mass is 228 g/mol. The molecule has 0 saturated carbocycles. The Morgan fingerprint density at radius 2 is 1.59 bits per heavy atom. The van der Waals surface area contributed by atoms with Crippen molar-refractivity contribution in [1.82, 2.24) is 0 Å². The SMILES string of the molecule is COC(=O)c1ccccc1-c1ccccc1O. The van der Waals surface area contributed by atoms with Crippen LogP contribution in [-0.4, -0.2) is 18.2 Å². The average molecular weight is 228 g/mol. The molecule has 0 amide bonds. The number of methoxy groups -OCH3 is 1. The Labute approximate surface area is 99.3 Å². The number of carbonyl (C=O) groups is 1. The number of para-hydroxylation sites is 1. The van der Waals surface area contributed by atoms with Crippen molar-refractivity contribution in [2.24, 2.45) is 0 Å². The highest BCUT2D eigenvalue weighted by molar-refractivity contribution is 5.98. The molecule has 0 bridgehead atoms. The van der Waals surface area contributed by atoms with Crippen LogP contribution in [0.5, 0.6) is 5.75 Å². The van der Waals surface area contributed by atoms with Gasteiger partial charge in [-0.15, -0.1) is 0 Å². The molecule has 2 aromatic rings. The van der Waals surface area contributed by atoms with Crippen molar-refractivity contribution < 1.29 is 14.6 Å². The molecule has 2 rings (SSSR count). The highest BCUT2D eigenvalue weighted by Crippen LogP contribution is 2.31. The van der Waals surface area contributed by atoms with E-state index in [1.807, 2.05) is 12.1 Å². The third-order valence-electron chi connectivity index (χ3n) is 2.53. The Balaban J connectivity index is 2.60. The van der Waals surface area contributed by atoms with Crippen molar-refractivity contribution in [2.45, 2.75) is 0 Å². The first-order valence-electron chi connectivity index (χ1n) is 5.19. The summed E-state index contributed by atoms with van der Waals surface area (Å²) in [4.78, 5) is 11.6. The zero-order chi connectivity index (χ0) is 12.3. The van der Waals surface area contributed by atoms with E-state index in [0.29, 0.717) is 16.7 Å². The lowest BCUT2D eigenvalue weighted by atomic mass is 9.99. The summed E-state index contributed by atoms with van der Waals surface area (Å²) in [7, 11) is 1.34. The summed E-state index contributed by atoms with van der Waals surface area (Å²) in [6.07, 6.45) is 0. The van der Waals surface area contributed by atoms with E-state index < -0.39 is 5.97 Å². The fraction of sp³-hybridized carbons (Fsp3) is 0.0714. The van der Waals surface area contributed by atoms with Crippen molar-refractivity contribution in [3.63, 3.8) is 0 Å². The van der Waals surface area contributed by atoms with Crippen LogP contribution in [0.15, 0.2) is 48.5 Å². The molecule has 0 aliphatic rings. The smallest absolute Gasteiger partial charge is 0.338 e. The van der Waals surface area contributed by atoms with Gasteiger partial charge in [0.15, 0.2) is 0 Å². The van der Waals surface area contributed by atoms with Gasteiger partial charge in [0.25, 0.3) is 0 Å². The summed E-state index contributed by atoms with van der Waals surface area (Å²) in [5.41, 5.74) is 1.72. The van der Waals surface area contributed by atoms with E-state index in [1.54, 1.807) is 36.4 Å². The molecular weight excluding hydrogens is 216 g/mol. The molecule has 0 heterocycles. The fourth-order valence-electron chi connectivity index (χ4n) is 1.71. The van der Waals surface area contributed by atoms with Crippen LogP contribution >= 0.6 is 0 Å². The van der Waals surface area contributed by atoms with Gasteiger partial charge in [0.05, 0.1) is 12.7 Å². The van der Waals surface area contributed by atoms with E-state index in [1.165, 1.54) is 7.11 Å². The van der Waals surface area contributed by atoms with Gasteiger partial charge in [-0.05, 0) is 17.7 Å². The van der Waals surface area contributed by atoms with Gasteiger partial charge in [-0.3, -0.25) is 0 Å². The van der Waals surface area contributed by atoms with Crippen LogP contribution in [0.25, 0.3) is 11.1 Å². The maximum absolute atomic E-state index is 11.6. The topological polar surface area (TPSA) is 46.5 Å². The Morgan fingerprint density at radius 3 is 2.24 bits per heavy atom. The van der Waals surface area contributed by atoms with E-state index >= 15 is 0 Å². The molecule has 2 aromatic carbocycles. The van der Waals surface area contributed by atoms with E-state index in [0.717, 1.165) is 0 Å². The number of hydrogen-bond acceptors (Lipinski definition) is 3. The van der Waals surface area contributed by atoms with Crippen LogP contribution < -0.4 is 0 Å². The standard InChI is InChI=1S/C14H12O3/c1-17-14(16)12-8-3-2-6-10(12)11-7-4-5-9-13(11)15/h2-9,15H,1H3. The van der Waals surface area contributed by atoms with Crippen LogP contribution in [0.4, 0.5) is 0 Å². The lowest BCUT2D eigenvalue weighted by Gasteiger charge is -2.09. The van der Waals surface area contributed by atoms with Crippen molar-refractivity contribution in [1.29, 1.82) is 0 Å². The van der Waals surface area contributed by atoms with Crippen molar-refractivity contribution >= 4 is 5.97 Å². The maximum atomic E-state index is 11.6. The zero-order valence-corrected chi connectivity index (χ0v) is 9.38. The first kappa shape index (κ1) is 11.2. The molecule has 0 radical (unpaired) electrons. The Hall–Kier alpha value is -2.29. The second-order valence-corrected chi connectivity index (χ2v) is 3.55. The second kappa shape index (κ2) is 4.70. The third-order valence-corrected chi connectivity index (χ3v) is 2.53. The molecule has 0 fully saturated rings. The second-order valence-electron chi connectivity index (χ2n) is 3.55. The molecule has 0 spiro atoms. The van der Waals surface area contributed by atoms with E-state index in [9.17, 15) is 9.90 Å². The summed E-state index contributed by atoms with van der Waals surface area (Å²) < 4.78 is 4.72. The molecule has 17 heavy (non-hydrogen) atoms.